The molecule has 104 valence electrons. The number of hydrogen-bond acceptors (Lipinski definition) is 1. The first kappa shape index (κ1) is 15.6. The van der Waals surface area contributed by atoms with E-state index in [1.54, 1.807) is 13.0 Å². The molecule has 2 aromatic rings. The summed E-state index contributed by atoms with van der Waals surface area (Å²) in [4.78, 5) is 12.4. The van der Waals surface area contributed by atoms with Crippen LogP contribution in [0.4, 0.5) is 4.39 Å². The molecule has 0 unspecified atom stereocenters. The molecule has 2 aromatic carbocycles. The van der Waals surface area contributed by atoms with Crippen molar-refractivity contribution in [2.45, 2.75) is 6.92 Å². The van der Waals surface area contributed by atoms with Crippen LogP contribution >= 0.6 is 46.4 Å². The van der Waals surface area contributed by atoms with Gasteiger partial charge in [-0.3, -0.25) is 4.79 Å². The van der Waals surface area contributed by atoms with Crippen LogP contribution < -0.4 is 0 Å². The normalized spacial score (nSPS) is 10.7. The van der Waals surface area contributed by atoms with Gasteiger partial charge in [-0.1, -0.05) is 46.4 Å². The van der Waals surface area contributed by atoms with Crippen LogP contribution in [0.5, 0.6) is 0 Å². The minimum atomic E-state index is -0.513. The summed E-state index contributed by atoms with van der Waals surface area (Å²) < 4.78 is 13.4. The van der Waals surface area contributed by atoms with Crippen molar-refractivity contribution in [2.24, 2.45) is 0 Å². The lowest BCUT2D eigenvalue weighted by molar-refractivity contribution is 0.103. The van der Waals surface area contributed by atoms with Crippen LogP contribution in [0, 0.1) is 12.7 Å². The highest BCUT2D eigenvalue weighted by atomic mass is 35.5. The summed E-state index contributed by atoms with van der Waals surface area (Å²) in [5.41, 5.74) is 0.762. The topological polar surface area (TPSA) is 17.1 Å². The molecule has 0 N–H and O–H groups in total. The zero-order valence-corrected chi connectivity index (χ0v) is 13.1. The number of carbonyl (C=O) groups excluding carboxylic acids is 1. The maximum Gasteiger partial charge on any atom is 0.196 e. The van der Waals surface area contributed by atoms with Crippen LogP contribution in [0.1, 0.15) is 21.5 Å². The van der Waals surface area contributed by atoms with E-state index in [1.165, 1.54) is 12.1 Å². The van der Waals surface area contributed by atoms with E-state index in [0.29, 0.717) is 5.56 Å². The molecule has 20 heavy (non-hydrogen) atoms. The van der Waals surface area contributed by atoms with Gasteiger partial charge in [0.1, 0.15) is 5.82 Å². The standard InChI is InChI=1S/C14H7Cl4FO/c1-6-2-7(4-8(19)3-6)14(20)11-9(15)5-10(16)12(17)13(11)18/h2-5H,1H3. The summed E-state index contributed by atoms with van der Waals surface area (Å²) in [6.07, 6.45) is 0. The number of benzene rings is 2. The molecule has 0 heterocycles. The smallest absolute Gasteiger partial charge is 0.196 e. The number of halogens is 5. The van der Waals surface area contributed by atoms with Gasteiger partial charge in [0.2, 0.25) is 0 Å². The highest BCUT2D eigenvalue weighted by molar-refractivity contribution is 6.51. The van der Waals surface area contributed by atoms with Crippen LogP contribution in [0.3, 0.4) is 0 Å². The van der Waals surface area contributed by atoms with Gasteiger partial charge in [-0.05, 0) is 36.8 Å². The number of hydrogen-bond donors (Lipinski definition) is 0. The van der Waals surface area contributed by atoms with E-state index in [-0.39, 0.29) is 31.2 Å². The van der Waals surface area contributed by atoms with Gasteiger partial charge in [-0.2, -0.15) is 0 Å². The van der Waals surface area contributed by atoms with E-state index in [2.05, 4.69) is 0 Å². The average molecular weight is 352 g/mol. The van der Waals surface area contributed by atoms with Crippen molar-refractivity contribution in [3.8, 4) is 0 Å². The molecule has 0 aliphatic heterocycles. The predicted molar refractivity (Wildman–Crippen MR) is 81.1 cm³/mol. The van der Waals surface area contributed by atoms with E-state index in [9.17, 15) is 9.18 Å². The Kier molecular flexibility index (Phi) is 4.60. The monoisotopic (exact) mass is 350 g/mol. The van der Waals surface area contributed by atoms with Crippen LogP contribution in [-0.2, 0) is 0 Å². The van der Waals surface area contributed by atoms with Gasteiger partial charge in [-0.25, -0.2) is 4.39 Å². The molecule has 6 heteroatoms. The molecule has 0 saturated carbocycles. The Morgan fingerprint density at radius 2 is 1.60 bits per heavy atom. The molecular formula is C14H7Cl4FO. The number of rotatable bonds is 2. The molecule has 2 rings (SSSR count). The van der Waals surface area contributed by atoms with Crippen LogP contribution in [0.15, 0.2) is 24.3 Å². The second kappa shape index (κ2) is 5.90. The minimum absolute atomic E-state index is 0.00716. The lowest BCUT2D eigenvalue weighted by atomic mass is 10.0. The number of aryl methyl sites for hydroxylation is 1. The fraction of sp³-hybridized carbons (Fsp3) is 0.0714. The molecule has 0 radical (unpaired) electrons. The molecule has 0 aliphatic carbocycles. The van der Waals surface area contributed by atoms with Crippen molar-refractivity contribution in [3.63, 3.8) is 0 Å². The predicted octanol–water partition coefficient (Wildman–Crippen LogP) is 5.98. The van der Waals surface area contributed by atoms with Gasteiger partial charge in [0, 0.05) is 5.56 Å². The van der Waals surface area contributed by atoms with Crippen LogP contribution in [-0.4, -0.2) is 5.78 Å². The molecule has 1 nitrogen and oxygen atoms in total. The van der Waals surface area contributed by atoms with Crippen molar-refractivity contribution in [1.29, 1.82) is 0 Å². The first-order valence-corrected chi connectivity index (χ1v) is 6.97. The summed E-state index contributed by atoms with van der Waals surface area (Å²) >= 11 is 23.7. The van der Waals surface area contributed by atoms with Crippen LogP contribution in [0.2, 0.25) is 20.1 Å². The van der Waals surface area contributed by atoms with E-state index >= 15 is 0 Å². The fourth-order valence-corrected chi connectivity index (χ4v) is 2.87. The first-order chi connectivity index (χ1) is 9.31. The zero-order chi connectivity index (χ0) is 15.0. The third-order valence-corrected chi connectivity index (χ3v) is 4.21. The van der Waals surface area contributed by atoms with Gasteiger partial charge in [0.25, 0.3) is 0 Å². The molecule has 0 saturated heterocycles. The molecule has 0 atom stereocenters. The second-order valence-corrected chi connectivity index (χ2v) is 5.76. The molecule has 0 aliphatic rings. The summed E-state index contributed by atoms with van der Waals surface area (Å²) in [5, 5.41) is 0.204. The second-order valence-electron chi connectivity index (χ2n) is 4.19. The van der Waals surface area contributed by atoms with Gasteiger partial charge >= 0.3 is 0 Å². The largest absolute Gasteiger partial charge is 0.288 e. The van der Waals surface area contributed by atoms with Crippen molar-refractivity contribution in [2.75, 3.05) is 0 Å². The molecule has 0 fully saturated rings. The SMILES string of the molecule is Cc1cc(F)cc(C(=O)c2c(Cl)cc(Cl)c(Cl)c2Cl)c1. The highest BCUT2D eigenvalue weighted by Crippen LogP contribution is 2.38. The Morgan fingerprint density at radius 1 is 0.950 bits per heavy atom. The van der Waals surface area contributed by atoms with Crippen LogP contribution in [0.25, 0.3) is 0 Å². The average Bonchev–Trinajstić information content (AvgIpc) is 2.34. The molecule has 0 amide bonds. The maximum atomic E-state index is 13.4. The van der Waals surface area contributed by atoms with E-state index < -0.39 is 11.6 Å². The zero-order valence-electron chi connectivity index (χ0n) is 10.1. The molecule has 0 bridgehead atoms. The highest BCUT2D eigenvalue weighted by Gasteiger charge is 2.21. The fourth-order valence-electron chi connectivity index (χ4n) is 1.79. The Morgan fingerprint density at radius 3 is 2.20 bits per heavy atom. The summed E-state index contributed by atoms with van der Waals surface area (Å²) in [5.74, 6) is -1.03. The van der Waals surface area contributed by atoms with Crippen molar-refractivity contribution >= 4 is 52.2 Å². The van der Waals surface area contributed by atoms with Gasteiger partial charge in [0.05, 0.1) is 25.7 Å². The maximum absolute atomic E-state index is 13.4. The van der Waals surface area contributed by atoms with E-state index in [1.807, 2.05) is 0 Å². The third-order valence-electron chi connectivity index (χ3n) is 2.65. The summed E-state index contributed by atoms with van der Waals surface area (Å²) in [6, 6.07) is 5.30. The van der Waals surface area contributed by atoms with Crippen molar-refractivity contribution in [3.05, 3.63) is 66.9 Å². The Labute approximate surface area is 135 Å². The van der Waals surface area contributed by atoms with Crippen molar-refractivity contribution < 1.29 is 9.18 Å². The summed E-state index contributed by atoms with van der Waals surface area (Å²) in [6.45, 7) is 1.68. The molecule has 0 spiro atoms. The molecular weight excluding hydrogens is 345 g/mol. The Balaban J connectivity index is 2.62. The quantitative estimate of drug-likeness (QED) is 0.369. The Hall–Kier alpha value is -0.800. The number of carbonyl (C=O) groups is 1. The third kappa shape index (κ3) is 2.94. The van der Waals surface area contributed by atoms with Gasteiger partial charge in [-0.15, -0.1) is 0 Å². The van der Waals surface area contributed by atoms with Crippen molar-refractivity contribution in [1.82, 2.24) is 0 Å². The number of ketones is 1. The van der Waals surface area contributed by atoms with E-state index in [0.717, 1.165) is 6.07 Å². The van der Waals surface area contributed by atoms with Gasteiger partial charge < -0.3 is 0 Å². The van der Waals surface area contributed by atoms with E-state index in [4.69, 9.17) is 46.4 Å². The Bertz CT molecular complexity index is 693. The minimum Gasteiger partial charge on any atom is -0.288 e. The summed E-state index contributed by atoms with van der Waals surface area (Å²) in [7, 11) is 0. The first-order valence-electron chi connectivity index (χ1n) is 5.46. The lowest BCUT2D eigenvalue weighted by Gasteiger charge is -2.10. The molecule has 0 aromatic heterocycles. The van der Waals surface area contributed by atoms with Gasteiger partial charge in [0.15, 0.2) is 5.78 Å². The lowest BCUT2D eigenvalue weighted by Crippen LogP contribution is -2.05.